The molecule has 5 heteroatoms. The van der Waals surface area contributed by atoms with Gasteiger partial charge in [-0.2, -0.15) is 0 Å². The van der Waals surface area contributed by atoms with E-state index in [0.717, 1.165) is 28.6 Å². The van der Waals surface area contributed by atoms with Crippen LogP contribution in [0.4, 0.5) is 5.69 Å². The second kappa shape index (κ2) is 7.39. The van der Waals surface area contributed by atoms with Crippen molar-refractivity contribution in [1.82, 2.24) is 10.3 Å². The molecular weight excluding hydrogens is 338 g/mol. The summed E-state index contributed by atoms with van der Waals surface area (Å²) in [6, 6.07) is 3.54. The number of aromatic nitrogens is 1. The molecule has 1 aliphatic rings. The third kappa shape index (κ3) is 3.48. The van der Waals surface area contributed by atoms with Gasteiger partial charge in [0.15, 0.2) is 0 Å². The highest BCUT2D eigenvalue weighted by Gasteiger charge is 2.30. The number of aliphatic hydroxyl groups excluding tert-OH is 1. The minimum atomic E-state index is -0.341. The fraction of sp³-hybridized carbons (Fsp3) is 0.500. The van der Waals surface area contributed by atoms with Crippen LogP contribution in [0.25, 0.3) is 10.9 Å². The Balaban J connectivity index is 2.21. The van der Waals surface area contributed by atoms with Crippen molar-refractivity contribution in [2.75, 3.05) is 11.9 Å². The van der Waals surface area contributed by atoms with Crippen LogP contribution < -0.4 is 10.6 Å². The lowest BCUT2D eigenvalue weighted by molar-refractivity contribution is -0.123. The molecule has 27 heavy (non-hydrogen) atoms. The van der Waals surface area contributed by atoms with E-state index in [1.807, 2.05) is 12.3 Å². The van der Waals surface area contributed by atoms with Crippen LogP contribution in [0.2, 0.25) is 0 Å². The number of benzene rings is 1. The molecule has 4 N–H and O–H groups in total. The van der Waals surface area contributed by atoms with Gasteiger partial charge in [-0.05, 0) is 29.5 Å². The van der Waals surface area contributed by atoms with Crippen LogP contribution in [0.3, 0.4) is 0 Å². The average Bonchev–Trinajstić information content (AvgIpc) is 3.09. The summed E-state index contributed by atoms with van der Waals surface area (Å²) >= 11 is 0. The number of aromatic amines is 1. The number of nitrogens with one attached hydrogen (secondary N) is 3. The molecule has 0 saturated heterocycles. The zero-order valence-electron chi connectivity index (χ0n) is 16.7. The number of rotatable bonds is 5. The average molecular weight is 370 g/mol. The highest BCUT2D eigenvalue weighted by molar-refractivity contribution is 5.99. The number of allylic oxidation sites excluding steroid dienone is 1. The van der Waals surface area contributed by atoms with Crippen molar-refractivity contribution in [3.05, 3.63) is 42.1 Å². The van der Waals surface area contributed by atoms with Gasteiger partial charge in [-0.25, -0.2) is 0 Å². The molecule has 0 spiro atoms. The van der Waals surface area contributed by atoms with Gasteiger partial charge in [-0.3, -0.25) is 4.79 Å². The molecule has 2 heterocycles. The van der Waals surface area contributed by atoms with E-state index in [0.29, 0.717) is 6.42 Å². The van der Waals surface area contributed by atoms with Crippen molar-refractivity contribution in [3.8, 4) is 0 Å². The number of H-pyrrole nitrogens is 1. The maximum absolute atomic E-state index is 12.8. The third-order valence-electron chi connectivity index (χ3n) is 5.96. The van der Waals surface area contributed by atoms with Crippen molar-refractivity contribution in [2.24, 2.45) is 5.92 Å². The van der Waals surface area contributed by atoms with E-state index in [1.165, 1.54) is 5.56 Å². The molecule has 1 aromatic heterocycles. The first kappa shape index (κ1) is 19.5. The van der Waals surface area contributed by atoms with E-state index in [1.54, 1.807) is 0 Å². The number of carbonyl (C=O) groups is 1. The maximum Gasteiger partial charge on any atom is 0.243 e. The summed E-state index contributed by atoms with van der Waals surface area (Å²) in [6.45, 7) is 12.4. The smallest absolute Gasteiger partial charge is 0.243 e. The van der Waals surface area contributed by atoms with E-state index in [9.17, 15) is 9.90 Å². The SMILES string of the molecule is C=CC(C)(C)c1ccc2c3c(c[nH]c13)C[C@@H](CO)NC(=O)C([C@@H](C)CC)N2. The quantitative estimate of drug-likeness (QED) is 0.609. The number of carbonyl (C=O) groups excluding carboxylic acids is 1. The van der Waals surface area contributed by atoms with Crippen molar-refractivity contribution < 1.29 is 9.90 Å². The van der Waals surface area contributed by atoms with Crippen molar-refractivity contribution >= 4 is 22.5 Å². The number of anilines is 1. The lowest BCUT2D eigenvalue weighted by atomic mass is 9.83. The molecular formula is C22H31N3O2. The second-order valence-corrected chi connectivity index (χ2v) is 8.25. The summed E-state index contributed by atoms with van der Waals surface area (Å²) in [6.07, 6.45) is 5.43. The molecule has 0 bridgehead atoms. The zero-order valence-corrected chi connectivity index (χ0v) is 16.7. The standard InChI is InChI=1S/C22H31N3O2/c1-6-13(3)19-21(27)24-15(12-26)10-14-11-23-20-16(22(4,5)7-2)8-9-17(25-19)18(14)20/h7-9,11,13,15,19,23,25-26H,2,6,10,12H2,1,3-5H3,(H,24,27)/t13-,15-,19?/m0/s1. The minimum absolute atomic E-state index is 0.0545. The monoisotopic (exact) mass is 369 g/mol. The summed E-state index contributed by atoms with van der Waals surface area (Å²) in [7, 11) is 0. The van der Waals surface area contributed by atoms with Gasteiger partial charge < -0.3 is 20.7 Å². The molecule has 146 valence electrons. The second-order valence-electron chi connectivity index (χ2n) is 8.25. The molecule has 1 amide bonds. The lowest BCUT2D eigenvalue weighted by Gasteiger charge is -2.27. The van der Waals surface area contributed by atoms with Gasteiger partial charge in [0.1, 0.15) is 6.04 Å². The molecule has 5 nitrogen and oxygen atoms in total. The first-order valence-electron chi connectivity index (χ1n) is 9.77. The molecule has 2 aromatic rings. The van der Waals surface area contributed by atoms with E-state index >= 15 is 0 Å². The molecule has 0 aliphatic carbocycles. The van der Waals surface area contributed by atoms with Crippen LogP contribution in [-0.4, -0.2) is 34.7 Å². The van der Waals surface area contributed by atoms with Crippen LogP contribution in [0.15, 0.2) is 31.0 Å². The van der Waals surface area contributed by atoms with Crippen LogP contribution in [0.1, 0.15) is 45.2 Å². The van der Waals surface area contributed by atoms with Crippen molar-refractivity contribution in [1.29, 1.82) is 0 Å². The van der Waals surface area contributed by atoms with Crippen molar-refractivity contribution in [3.63, 3.8) is 0 Å². The molecule has 1 aromatic carbocycles. The Morgan fingerprint density at radius 2 is 2.11 bits per heavy atom. The molecule has 1 aliphatic heterocycles. The Morgan fingerprint density at radius 1 is 1.37 bits per heavy atom. The minimum Gasteiger partial charge on any atom is -0.394 e. The molecule has 0 fully saturated rings. The Kier molecular flexibility index (Phi) is 5.33. The topological polar surface area (TPSA) is 77.2 Å². The number of aliphatic hydroxyl groups is 1. The fourth-order valence-electron chi connectivity index (χ4n) is 3.83. The first-order valence-corrected chi connectivity index (χ1v) is 9.77. The lowest BCUT2D eigenvalue weighted by Crippen LogP contribution is -2.48. The summed E-state index contributed by atoms with van der Waals surface area (Å²) in [5, 5.41) is 17.4. The van der Waals surface area contributed by atoms with Crippen molar-refractivity contribution in [2.45, 2.75) is 58.0 Å². The molecule has 3 rings (SSSR count). The third-order valence-corrected chi connectivity index (χ3v) is 5.96. The summed E-state index contributed by atoms with van der Waals surface area (Å²) in [5.74, 6) is 0.116. The Morgan fingerprint density at radius 3 is 2.74 bits per heavy atom. The normalized spacial score (nSPS) is 21.6. The van der Waals surface area contributed by atoms with Gasteiger partial charge in [0.2, 0.25) is 5.91 Å². The summed E-state index contributed by atoms with van der Waals surface area (Å²) < 4.78 is 0. The molecule has 3 atom stereocenters. The predicted octanol–water partition coefficient (Wildman–Crippen LogP) is 3.49. The largest absolute Gasteiger partial charge is 0.394 e. The Hall–Kier alpha value is -2.27. The number of hydrogen-bond donors (Lipinski definition) is 4. The summed E-state index contributed by atoms with van der Waals surface area (Å²) in [4.78, 5) is 16.3. The fourth-order valence-corrected chi connectivity index (χ4v) is 3.83. The Bertz CT molecular complexity index is 853. The molecule has 0 saturated carbocycles. The van der Waals surface area contributed by atoms with E-state index in [-0.39, 0.29) is 35.9 Å². The predicted molar refractivity (Wildman–Crippen MR) is 111 cm³/mol. The van der Waals surface area contributed by atoms with Crippen LogP contribution in [0, 0.1) is 5.92 Å². The van der Waals surface area contributed by atoms with E-state index in [2.05, 4.69) is 62.0 Å². The van der Waals surface area contributed by atoms with Gasteiger partial charge in [0.05, 0.1) is 18.2 Å². The summed E-state index contributed by atoms with van der Waals surface area (Å²) in [5.41, 5.74) is 4.11. The Labute approximate surface area is 161 Å². The van der Waals surface area contributed by atoms with Gasteiger partial charge in [0.25, 0.3) is 0 Å². The molecule has 1 unspecified atom stereocenters. The van der Waals surface area contributed by atoms with Crippen LogP contribution >= 0.6 is 0 Å². The number of amides is 1. The van der Waals surface area contributed by atoms with E-state index < -0.39 is 0 Å². The van der Waals surface area contributed by atoms with Gasteiger partial charge in [-0.1, -0.05) is 46.3 Å². The zero-order chi connectivity index (χ0) is 19.8. The number of hydrogen-bond acceptors (Lipinski definition) is 3. The van der Waals surface area contributed by atoms with Gasteiger partial charge >= 0.3 is 0 Å². The van der Waals surface area contributed by atoms with Gasteiger partial charge in [0, 0.05) is 22.7 Å². The molecule has 0 radical (unpaired) electrons. The van der Waals surface area contributed by atoms with Crippen LogP contribution in [-0.2, 0) is 16.6 Å². The van der Waals surface area contributed by atoms with E-state index in [4.69, 9.17) is 0 Å². The van der Waals surface area contributed by atoms with Gasteiger partial charge in [-0.15, -0.1) is 6.58 Å². The highest BCUT2D eigenvalue weighted by Crippen LogP contribution is 2.37. The highest BCUT2D eigenvalue weighted by atomic mass is 16.3. The maximum atomic E-state index is 12.8. The first-order chi connectivity index (χ1) is 12.8. The van der Waals surface area contributed by atoms with Crippen LogP contribution in [0.5, 0.6) is 0 Å².